The third-order valence-corrected chi connectivity index (χ3v) is 20.1. The molecule has 0 aliphatic carbocycles. The van der Waals surface area contributed by atoms with Gasteiger partial charge in [0.05, 0.1) is 26.4 Å². The lowest BCUT2D eigenvalue weighted by molar-refractivity contribution is -0.161. The van der Waals surface area contributed by atoms with E-state index in [-0.39, 0.29) is 25.7 Å². The van der Waals surface area contributed by atoms with E-state index in [2.05, 4.69) is 41.5 Å². The highest BCUT2D eigenvalue weighted by Crippen LogP contribution is 2.45. The van der Waals surface area contributed by atoms with Gasteiger partial charge in [-0.25, -0.2) is 9.13 Å². The zero-order chi connectivity index (χ0) is 71.4. The molecule has 0 amide bonds. The lowest BCUT2D eigenvalue weighted by atomic mass is 10.0. The fourth-order valence-corrected chi connectivity index (χ4v) is 13.6. The van der Waals surface area contributed by atoms with Crippen molar-refractivity contribution in [3.63, 3.8) is 0 Å². The minimum absolute atomic E-state index is 0.105. The second kappa shape index (κ2) is 69.8. The van der Waals surface area contributed by atoms with Gasteiger partial charge in [0.25, 0.3) is 0 Å². The van der Waals surface area contributed by atoms with Crippen molar-refractivity contribution in [1.29, 1.82) is 0 Å². The van der Waals surface area contributed by atoms with Crippen molar-refractivity contribution in [3.05, 3.63) is 0 Å². The predicted molar refractivity (Wildman–Crippen MR) is 395 cm³/mol. The monoisotopic (exact) mass is 1420 g/mol. The van der Waals surface area contributed by atoms with Gasteiger partial charge in [0.2, 0.25) is 0 Å². The third-order valence-electron chi connectivity index (χ3n) is 18.2. The average Bonchev–Trinajstić information content (AvgIpc) is 3.51. The van der Waals surface area contributed by atoms with Gasteiger partial charge in [0, 0.05) is 25.7 Å². The Hall–Kier alpha value is -1.94. The Labute approximate surface area is 594 Å². The number of esters is 4. The van der Waals surface area contributed by atoms with Crippen molar-refractivity contribution in [3.8, 4) is 0 Å². The van der Waals surface area contributed by atoms with Gasteiger partial charge in [-0.3, -0.25) is 37.3 Å². The van der Waals surface area contributed by atoms with Crippen molar-refractivity contribution >= 4 is 39.5 Å². The fourth-order valence-electron chi connectivity index (χ4n) is 12.0. The molecule has 0 aromatic rings. The number of hydrogen-bond acceptors (Lipinski definition) is 15. The van der Waals surface area contributed by atoms with Crippen LogP contribution in [0.4, 0.5) is 0 Å². The molecule has 0 bridgehead atoms. The molecule has 0 saturated heterocycles. The molecule has 0 saturated carbocycles. The van der Waals surface area contributed by atoms with E-state index in [0.717, 1.165) is 115 Å². The number of phosphoric acid groups is 2. The Morgan fingerprint density at radius 1 is 0.278 bits per heavy atom. The second-order valence-electron chi connectivity index (χ2n) is 29.1. The molecule has 0 rings (SSSR count). The molecule has 19 heteroatoms. The number of rotatable bonds is 77. The summed E-state index contributed by atoms with van der Waals surface area (Å²) in [5.41, 5.74) is 0. The van der Waals surface area contributed by atoms with E-state index in [1.807, 2.05) is 0 Å². The van der Waals surface area contributed by atoms with E-state index in [9.17, 15) is 43.2 Å². The maximum absolute atomic E-state index is 13.1. The minimum atomic E-state index is -4.96. The Morgan fingerprint density at radius 3 is 0.701 bits per heavy atom. The zero-order valence-electron chi connectivity index (χ0n) is 63.4. The van der Waals surface area contributed by atoms with Crippen LogP contribution in [0.25, 0.3) is 0 Å². The normalized spacial score (nSPS) is 14.0. The van der Waals surface area contributed by atoms with Crippen LogP contribution in [0.5, 0.6) is 0 Å². The highest BCUT2D eigenvalue weighted by atomic mass is 31.2. The maximum Gasteiger partial charge on any atom is 0.472 e. The number of aliphatic hydroxyl groups excluding tert-OH is 1. The largest absolute Gasteiger partial charge is 0.472 e. The van der Waals surface area contributed by atoms with Crippen molar-refractivity contribution < 1.29 is 80.2 Å². The minimum Gasteiger partial charge on any atom is -0.462 e. The lowest BCUT2D eigenvalue weighted by Crippen LogP contribution is -2.30. The fraction of sp³-hybridized carbons (Fsp3) is 0.949. The topological polar surface area (TPSA) is 237 Å². The summed E-state index contributed by atoms with van der Waals surface area (Å²) in [6.07, 6.45) is 58.6. The predicted octanol–water partition coefficient (Wildman–Crippen LogP) is 23.1. The van der Waals surface area contributed by atoms with Gasteiger partial charge in [0.15, 0.2) is 12.2 Å². The molecule has 0 fully saturated rings. The molecule has 0 aromatic carbocycles. The van der Waals surface area contributed by atoms with E-state index >= 15 is 0 Å². The molecule has 0 spiro atoms. The molecule has 0 heterocycles. The van der Waals surface area contributed by atoms with Gasteiger partial charge in [-0.2, -0.15) is 0 Å². The van der Waals surface area contributed by atoms with Crippen LogP contribution >= 0.6 is 15.6 Å². The van der Waals surface area contributed by atoms with E-state index in [1.54, 1.807) is 0 Å². The van der Waals surface area contributed by atoms with Crippen molar-refractivity contribution in [2.24, 2.45) is 11.8 Å². The Kier molecular flexibility index (Phi) is 68.4. The first-order valence-electron chi connectivity index (χ1n) is 40.5. The quantitative estimate of drug-likeness (QED) is 0.0222. The number of ether oxygens (including phenoxy) is 4. The van der Waals surface area contributed by atoms with Crippen LogP contribution in [-0.2, 0) is 65.4 Å². The first kappa shape index (κ1) is 95.1. The van der Waals surface area contributed by atoms with E-state index in [1.165, 1.54) is 212 Å². The number of carbonyl (C=O) groups excluding carboxylic acids is 4. The standard InChI is InChI=1S/C78H152O17P2/c1-7-9-11-13-15-16-17-18-19-20-21-22-23-24-25-26-29-33-38-44-50-56-62-77(82)95-74(67-89-76(81)61-55-49-43-37-32-30-27-28-31-35-41-46-52-58-70(3)4)69-93-97(86,87)91-65-72(79)64-90-96(84,85)92-68-73(66-88-75(80)60-54-48-40-14-12-10-8-2)94-78(83)63-57-51-45-39-34-36-42-47-53-59-71(5)6/h70-74,79H,7-69H2,1-6H3,(H,84,85)(H,86,87)/t72-,73+,74+/m0/s1. The summed E-state index contributed by atoms with van der Waals surface area (Å²) in [7, 11) is -9.91. The highest BCUT2D eigenvalue weighted by Gasteiger charge is 2.30. The average molecular weight is 1420 g/mol. The van der Waals surface area contributed by atoms with E-state index < -0.39 is 97.5 Å². The van der Waals surface area contributed by atoms with Crippen LogP contribution < -0.4 is 0 Å². The van der Waals surface area contributed by atoms with Crippen LogP contribution in [0.15, 0.2) is 0 Å². The van der Waals surface area contributed by atoms with Crippen LogP contribution in [-0.4, -0.2) is 96.7 Å². The molecule has 576 valence electrons. The van der Waals surface area contributed by atoms with Gasteiger partial charge >= 0.3 is 39.5 Å². The van der Waals surface area contributed by atoms with E-state index in [4.69, 9.17) is 37.0 Å². The van der Waals surface area contributed by atoms with Gasteiger partial charge in [0.1, 0.15) is 19.3 Å². The molecule has 0 aliphatic rings. The summed E-state index contributed by atoms with van der Waals surface area (Å²) in [6.45, 7) is 9.55. The van der Waals surface area contributed by atoms with Crippen molar-refractivity contribution in [2.75, 3.05) is 39.6 Å². The maximum atomic E-state index is 13.1. The van der Waals surface area contributed by atoms with Crippen LogP contribution in [0, 0.1) is 11.8 Å². The van der Waals surface area contributed by atoms with Gasteiger partial charge < -0.3 is 33.8 Å². The second-order valence-corrected chi connectivity index (χ2v) is 32.0. The lowest BCUT2D eigenvalue weighted by Gasteiger charge is -2.21. The summed E-state index contributed by atoms with van der Waals surface area (Å²) in [5, 5.41) is 10.6. The molecule has 0 radical (unpaired) electrons. The number of hydrogen-bond donors (Lipinski definition) is 3. The summed E-state index contributed by atoms with van der Waals surface area (Å²) in [5.74, 6) is -0.592. The first-order chi connectivity index (χ1) is 46.9. The van der Waals surface area contributed by atoms with Crippen LogP contribution in [0.2, 0.25) is 0 Å². The number of unbranched alkanes of at least 4 members (excludes halogenated alkanes) is 47. The summed E-state index contributed by atoms with van der Waals surface area (Å²) in [6, 6.07) is 0. The van der Waals surface area contributed by atoms with Crippen LogP contribution in [0.3, 0.4) is 0 Å². The van der Waals surface area contributed by atoms with E-state index in [0.29, 0.717) is 25.7 Å². The molecular formula is C78H152O17P2. The number of carbonyl (C=O) groups is 4. The molecule has 5 atom stereocenters. The molecule has 0 aromatic heterocycles. The SMILES string of the molecule is CCCCCCCCCCCCCCCCCCCCCCCCC(=O)O[C@H](COC(=O)CCCCCCCCCCCCCCCC(C)C)COP(=O)(O)OC[C@@H](O)COP(=O)(O)OC[C@@H](COC(=O)CCCCCCCCC)OC(=O)CCCCCCCCCCCC(C)C. The molecule has 3 N–H and O–H groups in total. The molecular weight excluding hydrogens is 1270 g/mol. The smallest absolute Gasteiger partial charge is 0.462 e. The molecule has 97 heavy (non-hydrogen) atoms. The first-order valence-corrected chi connectivity index (χ1v) is 43.5. The summed E-state index contributed by atoms with van der Waals surface area (Å²) >= 11 is 0. The number of phosphoric ester groups is 2. The van der Waals surface area contributed by atoms with Gasteiger partial charge in [-0.1, -0.05) is 356 Å². The Balaban J connectivity index is 5.16. The Bertz CT molecular complexity index is 1870. The summed E-state index contributed by atoms with van der Waals surface area (Å²) < 4.78 is 68.5. The molecule has 0 aliphatic heterocycles. The Morgan fingerprint density at radius 2 is 0.474 bits per heavy atom. The van der Waals surface area contributed by atoms with Gasteiger partial charge in [-0.15, -0.1) is 0 Å². The zero-order valence-corrected chi connectivity index (χ0v) is 65.2. The van der Waals surface area contributed by atoms with Crippen LogP contribution in [0.1, 0.15) is 408 Å². The van der Waals surface area contributed by atoms with Crippen molar-refractivity contribution in [2.45, 2.75) is 426 Å². The van der Waals surface area contributed by atoms with Crippen molar-refractivity contribution in [1.82, 2.24) is 0 Å². The molecule has 17 nitrogen and oxygen atoms in total. The third kappa shape index (κ3) is 72.2. The van der Waals surface area contributed by atoms with Gasteiger partial charge in [-0.05, 0) is 37.5 Å². The number of aliphatic hydroxyl groups is 1. The molecule has 2 unspecified atom stereocenters. The summed E-state index contributed by atoms with van der Waals surface area (Å²) in [4.78, 5) is 72.7. The highest BCUT2D eigenvalue weighted by molar-refractivity contribution is 7.47.